The maximum atomic E-state index is 11.7. The van der Waals surface area contributed by atoms with E-state index in [0.717, 1.165) is 26.1 Å². The molecule has 1 aliphatic heterocycles. The minimum atomic E-state index is 0.119. The van der Waals surface area contributed by atoms with Crippen molar-refractivity contribution in [1.29, 1.82) is 0 Å². The van der Waals surface area contributed by atoms with Gasteiger partial charge in [-0.3, -0.25) is 9.69 Å². The number of nitrogens with zero attached hydrogens (tertiary/aromatic N) is 2. The maximum Gasteiger partial charge on any atom is 0.236 e. The molecule has 82 valence electrons. The summed E-state index contributed by atoms with van der Waals surface area (Å²) in [5.74, 6) is 0.285. The predicted octanol–water partition coefficient (Wildman–Crippen LogP) is 1.34. The second-order valence-corrected chi connectivity index (χ2v) is 4.97. The molecule has 1 amide bonds. The second kappa shape index (κ2) is 4.30. The zero-order valence-electron chi connectivity index (χ0n) is 9.84. The highest BCUT2D eigenvalue weighted by molar-refractivity contribution is 5.79. The van der Waals surface area contributed by atoms with Crippen LogP contribution in [0.2, 0.25) is 0 Å². The average Bonchev–Trinajstić information content (AvgIpc) is 2.07. The first-order valence-electron chi connectivity index (χ1n) is 5.48. The first-order valence-corrected chi connectivity index (χ1v) is 5.48. The average molecular weight is 198 g/mol. The van der Waals surface area contributed by atoms with Crippen molar-refractivity contribution < 1.29 is 4.79 Å². The molecule has 3 nitrogen and oxygen atoms in total. The molecule has 0 radical (unpaired) electrons. The van der Waals surface area contributed by atoms with Gasteiger partial charge in [0.15, 0.2) is 0 Å². The lowest BCUT2D eigenvalue weighted by Crippen LogP contribution is -2.56. The molecule has 1 aliphatic rings. The normalized spacial score (nSPS) is 20.3. The van der Waals surface area contributed by atoms with E-state index >= 15 is 0 Å². The first-order chi connectivity index (χ1) is 6.45. The minimum absolute atomic E-state index is 0.119. The number of carbonyl (C=O) groups excluding carboxylic acids is 1. The van der Waals surface area contributed by atoms with E-state index in [0.29, 0.717) is 6.54 Å². The summed E-state index contributed by atoms with van der Waals surface area (Å²) >= 11 is 0. The van der Waals surface area contributed by atoms with Gasteiger partial charge >= 0.3 is 0 Å². The lowest BCUT2D eigenvalue weighted by molar-refractivity contribution is -0.138. The zero-order valence-corrected chi connectivity index (χ0v) is 9.84. The summed E-state index contributed by atoms with van der Waals surface area (Å²) < 4.78 is 0. The fraction of sp³-hybridized carbons (Fsp3) is 0.909. The molecule has 0 unspecified atom stereocenters. The van der Waals surface area contributed by atoms with Crippen molar-refractivity contribution in [3.8, 4) is 0 Å². The van der Waals surface area contributed by atoms with Crippen LogP contribution in [0.5, 0.6) is 0 Å². The van der Waals surface area contributed by atoms with Gasteiger partial charge in [-0.15, -0.1) is 0 Å². The maximum absolute atomic E-state index is 11.7. The van der Waals surface area contributed by atoms with E-state index in [-0.39, 0.29) is 11.4 Å². The third-order valence-electron chi connectivity index (χ3n) is 2.76. The molecular formula is C11H22N2O. The van der Waals surface area contributed by atoms with Crippen molar-refractivity contribution in [2.24, 2.45) is 0 Å². The van der Waals surface area contributed by atoms with Crippen LogP contribution in [0, 0.1) is 0 Å². The van der Waals surface area contributed by atoms with Crippen molar-refractivity contribution >= 4 is 5.91 Å². The number of hydrogen-bond acceptors (Lipinski definition) is 2. The van der Waals surface area contributed by atoms with Gasteiger partial charge in [-0.05, 0) is 27.2 Å². The highest BCUT2D eigenvalue weighted by Gasteiger charge is 2.29. The summed E-state index contributed by atoms with van der Waals surface area (Å²) in [7, 11) is 0. The van der Waals surface area contributed by atoms with Crippen LogP contribution in [-0.2, 0) is 4.79 Å². The lowest BCUT2D eigenvalue weighted by atomic mass is 10.0. The summed E-state index contributed by atoms with van der Waals surface area (Å²) in [4.78, 5) is 16.0. The molecule has 0 atom stereocenters. The Morgan fingerprint density at radius 1 is 1.29 bits per heavy atom. The Morgan fingerprint density at radius 3 is 2.36 bits per heavy atom. The van der Waals surface area contributed by atoms with Gasteiger partial charge in [-0.1, -0.05) is 6.92 Å². The molecule has 0 aromatic carbocycles. The molecule has 0 aromatic heterocycles. The molecule has 14 heavy (non-hydrogen) atoms. The second-order valence-electron chi connectivity index (χ2n) is 4.97. The molecular weight excluding hydrogens is 176 g/mol. The SMILES string of the molecule is CCCN1CCN(C(C)(C)C)CC1=O. The van der Waals surface area contributed by atoms with Gasteiger partial charge in [0.2, 0.25) is 5.91 Å². The molecule has 1 fully saturated rings. The molecule has 1 rings (SSSR count). The van der Waals surface area contributed by atoms with Crippen molar-refractivity contribution in [3.63, 3.8) is 0 Å². The standard InChI is InChI=1S/C11H22N2O/c1-5-6-12-7-8-13(9-10(12)14)11(2,3)4/h5-9H2,1-4H3. The molecule has 0 saturated carbocycles. The minimum Gasteiger partial charge on any atom is -0.340 e. The summed E-state index contributed by atoms with van der Waals surface area (Å²) in [6.45, 7) is 12.0. The highest BCUT2D eigenvalue weighted by atomic mass is 16.2. The van der Waals surface area contributed by atoms with Crippen LogP contribution in [0.3, 0.4) is 0 Å². The van der Waals surface area contributed by atoms with E-state index in [9.17, 15) is 4.79 Å². The van der Waals surface area contributed by atoms with Gasteiger partial charge in [0, 0.05) is 25.2 Å². The Kier molecular flexibility index (Phi) is 3.53. The smallest absolute Gasteiger partial charge is 0.236 e. The van der Waals surface area contributed by atoms with Crippen LogP contribution >= 0.6 is 0 Å². The van der Waals surface area contributed by atoms with Crippen molar-refractivity contribution in [3.05, 3.63) is 0 Å². The number of amides is 1. The Balaban J connectivity index is 2.51. The quantitative estimate of drug-likeness (QED) is 0.668. The van der Waals surface area contributed by atoms with Crippen LogP contribution in [0.15, 0.2) is 0 Å². The van der Waals surface area contributed by atoms with E-state index < -0.39 is 0 Å². The summed E-state index contributed by atoms with van der Waals surface area (Å²) in [5.41, 5.74) is 0.119. The largest absolute Gasteiger partial charge is 0.340 e. The molecule has 0 bridgehead atoms. The monoisotopic (exact) mass is 198 g/mol. The summed E-state index contributed by atoms with van der Waals surface area (Å²) in [6, 6.07) is 0. The third-order valence-corrected chi connectivity index (χ3v) is 2.76. The molecule has 0 N–H and O–H groups in total. The van der Waals surface area contributed by atoms with Crippen LogP contribution in [0.25, 0.3) is 0 Å². The Hall–Kier alpha value is -0.570. The Bertz CT molecular complexity index is 208. The Labute approximate surface area is 87.1 Å². The zero-order chi connectivity index (χ0) is 10.8. The number of hydrogen-bond donors (Lipinski definition) is 0. The Morgan fingerprint density at radius 2 is 1.93 bits per heavy atom. The van der Waals surface area contributed by atoms with Crippen LogP contribution in [0.4, 0.5) is 0 Å². The predicted molar refractivity (Wildman–Crippen MR) is 58.2 cm³/mol. The van der Waals surface area contributed by atoms with Crippen LogP contribution < -0.4 is 0 Å². The van der Waals surface area contributed by atoms with Crippen LogP contribution in [-0.4, -0.2) is 47.4 Å². The van der Waals surface area contributed by atoms with Gasteiger partial charge < -0.3 is 4.90 Å². The molecule has 3 heteroatoms. The van der Waals surface area contributed by atoms with E-state index in [1.807, 2.05) is 4.90 Å². The first kappa shape index (κ1) is 11.5. The highest BCUT2D eigenvalue weighted by Crippen LogP contribution is 2.16. The van der Waals surface area contributed by atoms with Gasteiger partial charge in [-0.25, -0.2) is 0 Å². The third kappa shape index (κ3) is 2.71. The number of rotatable bonds is 2. The van der Waals surface area contributed by atoms with Crippen molar-refractivity contribution in [2.75, 3.05) is 26.2 Å². The topological polar surface area (TPSA) is 23.6 Å². The molecule has 0 spiro atoms. The molecule has 1 saturated heterocycles. The fourth-order valence-electron chi connectivity index (χ4n) is 1.79. The van der Waals surface area contributed by atoms with Gasteiger partial charge in [-0.2, -0.15) is 0 Å². The fourth-order valence-corrected chi connectivity index (χ4v) is 1.79. The molecule has 0 aromatic rings. The summed E-state index contributed by atoms with van der Waals surface area (Å²) in [6.07, 6.45) is 1.06. The van der Waals surface area contributed by atoms with Crippen molar-refractivity contribution in [2.45, 2.75) is 39.7 Å². The van der Waals surface area contributed by atoms with E-state index in [1.165, 1.54) is 0 Å². The molecule has 0 aliphatic carbocycles. The number of carbonyl (C=O) groups is 1. The van der Waals surface area contributed by atoms with Gasteiger partial charge in [0.05, 0.1) is 6.54 Å². The lowest BCUT2D eigenvalue weighted by Gasteiger charge is -2.41. The van der Waals surface area contributed by atoms with E-state index in [2.05, 4.69) is 32.6 Å². The molecule has 1 heterocycles. The van der Waals surface area contributed by atoms with Gasteiger partial charge in [0.25, 0.3) is 0 Å². The van der Waals surface area contributed by atoms with Crippen molar-refractivity contribution in [1.82, 2.24) is 9.80 Å². The van der Waals surface area contributed by atoms with E-state index in [1.54, 1.807) is 0 Å². The van der Waals surface area contributed by atoms with Gasteiger partial charge in [0.1, 0.15) is 0 Å². The summed E-state index contributed by atoms with van der Waals surface area (Å²) in [5, 5.41) is 0. The van der Waals surface area contributed by atoms with Crippen LogP contribution in [0.1, 0.15) is 34.1 Å². The van der Waals surface area contributed by atoms with E-state index in [4.69, 9.17) is 0 Å². The number of piperazine rings is 1.